The number of benzene rings is 2. The minimum atomic E-state index is -0.601. The molecule has 0 aromatic heterocycles. The van der Waals surface area contributed by atoms with E-state index >= 15 is 0 Å². The van der Waals surface area contributed by atoms with Crippen molar-refractivity contribution in [2.24, 2.45) is 5.41 Å². The summed E-state index contributed by atoms with van der Waals surface area (Å²) in [6.45, 7) is 3.25. The van der Waals surface area contributed by atoms with Gasteiger partial charge < -0.3 is 14.5 Å². The maximum Gasteiger partial charge on any atom is 0.248 e. The first-order valence-electron chi connectivity index (χ1n) is 10.5. The predicted molar refractivity (Wildman–Crippen MR) is 119 cm³/mol. The van der Waals surface area contributed by atoms with Crippen molar-refractivity contribution < 1.29 is 14.3 Å². The Morgan fingerprint density at radius 2 is 1.63 bits per heavy atom. The highest BCUT2D eigenvalue weighted by Gasteiger charge is 2.44. The number of hydrogen-bond donors (Lipinski definition) is 0. The average Bonchev–Trinajstić information content (AvgIpc) is 2.74. The van der Waals surface area contributed by atoms with Gasteiger partial charge in [-0.05, 0) is 42.9 Å². The number of nitrogens with zero attached hydrogens (tertiary/aromatic N) is 2. The van der Waals surface area contributed by atoms with Gasteiger partial charge in [0.25, 0.3) is 0 Å². The van der Waals surface area contributed by atoms with Crippen LogP contribution in [0.15, 0.2) is 48.5 Å². The molecule has 2 aromatic carbocycles. The lowest BCUT2D eigenvalue weighted by Gasteiger charge is -2.43. The average molecular weight is 409 g/mol. The number of hydrogen-bond acceptors (Lipinski definition) is 3. The van der Waals surface area contributed by atoms with Gasteiger partial charge in [-0.2, -0.15) is 0 Å². The van der Waals surface area contributed by atoms with E-state index in [4.69, 9.17) is 4.74 Å². The van der Waals surface area contributed by atoms with Crippen LogP contribution in [0.25, 0.3) is 11.1 Å². The van der Waals surface area contributed by atoms with E-state index in [9.17, 15) is 9.59 Å². The molecule has 3 rings (SSSR count). The van der Waals surface area contributed by atoms with Crippen LogP contribution in [0.1, 0.15) is 24.0 Å². The third-order valence-electron chi connectivity index (χ3n) is 5.94. The number of likely N-dealkylation sites (tertiary alicyclic amines) is 1. The number of carbonyl (C=O) groups is 2. The van der Waals surface area contributed by atoms with Crippen molar-refractivity contribution in [3.63, 3.8) is 0 Å². The second-order valence-electron chi connectivity index (χ2n) is 8.57. The van der Waals surface area contributed by atoms with Crippen LogP contribution in [0.4, 0.5) is 0 Å². The lowest BCUT2D eigenvalue weighted by atomic mass is 9.73. The van der Waals surface area contributed by atoms with Crippen LogP contribution < -0.4 is 0 Å². The second kappa shape index (κ2) is 9.43. The summed E-state index contributed by atoms with van der Waals surface area (Å²) in [6.07, 6.45) is 2.21. The Bertz CT molecular complexity index is 874. The summed E-state index contributed by atoms with van der Waals surface area (Å²) in [5, 5.41) is 0. The summed E-state index contributed by atoms with van der Waals surface area (Å²) in [7, 11) is 5.11. The van der Waals surface area contributed by atoms with Gasteiger partial charge >= 0.3 is 0 Å². The summed E-state index contributed by atoms with van der Waals surface area (Å²) in [5.41, 5.74) is 4.09. The zero-order chi connectivity index (χ0) is 21.7. The Morgan fingerprint density at radius 1 is 1.03 bits per heavy atom. The van der Waals surface area contributed by atoms with E-state index < -0.39 is 5.41 Å². The zero-order valence-corrected chi connectivity index (χ0v) is 18.5. The van der Waals surface area contributed by atoms with Gasteiger partial charge in [0.1, 0.15) is 6.61 Å². The third-order valence-corrected chi connectivity index (χ3v) is 5.94. The third kappa shape index (κ3) is 4.90. The number of rotatable bonds is 6. The topological polar surface area (TPSA) is 49.9 Å². The van der Waals surface area contributed by atoms with Crippen molar-refractivity contribution in [1.82, 2.24) is 9.80 Å². The smallest absolute Gasteiger partial charge is 0.248 e. The number of carbonyl (C=O) groups excluding carboxylic acids is 2. The predicted octanol–water partition coefficient (Wildman–Crippen LogP) is 3.55. The molecule has 0 saturated carbocycles. The molecular weight excluding hydrogens is 376 g/mol. The number of piperidine rings is 1. The quantitative estimate of drug-likeness (QED) is 0.735. The summed E-state index contributed by atoms with van der Waals surface area (Å²) in [5.74, 6) is 0.0304. The van der Waals surface area contributed by atoms with Gasteiger partial charge in [0, 0.05) is 34.3 Å². The number of methoxy groups -OCH3 is 1. The fourth-order valence-corrected chi connectivity index (χ4v) is 4.38. The monoisotopic (exact) mass is 408 g/mol. The molecule has 5 nitrogen and oxygen atoms in total. The van der Waals surface area contributed by atoms with E-state index in [2.05, 4.69) is 55.5 Å². The zero-order valence-electron chi connectivity index (χ0n) is 18.5. The summed E-state index contributed by atoms with van der Waals surface area (Å²) in [6, 6.07) is 16.9. The normalized spacial score (nSPS) is 18.9. The van der Waals surface area contributed by atoms with Crippen molar-refractivity contribution in [3.8, 4) is 11.1 Å². The van der Waals surface area contributed by atoms with Gasteiger partial charge in [-0.1, -0.05) is 54.1 Å². The second-order valence-corrected chi connectivity index (χ2v) is 8.57. The van der Waals surface area contributed by atoms with Crippen molar-refractivity contribution in [1.29, 1.82) is 0 Å². The molecule has 0 aliphatic carbocycles. The first kappa shape index (κ1) is 22.0. The van der Waals surface area contributed by atoms with E-state index in [1.165, 1.54) is 18.2 Å². The molecule has 2 aromatic rings. The van der Waals surface area contributed by atoms with Gasteiger partial charge in [-0.3, -0.25) is 9.59 Å². The van der Waals surface area contributed by atoms with Gasteiger partial charge in [-0.25, -0.2) is 0 Å². The molecule has 160 valence electrons. The number of aryl methyl sites for hydroxylation is 1. The standard InChI is InChI=1S/C25H32N2O3/c1-19-6-10-21(11-7-19)22-12-8-20(9-13-22)16-25(24(29)26(2)3)14-5-15-27(18-25)23(28)17-30-4/h6-13H,5,14-18H2,1-4H3. The van der Waals surface area contributed by atoms with Crippen LogP contribution in [0.3, 0.4) is 0 Å². The maximum absolute atomic E-state index is 13.2. The molecule has 1 aliphatic rings. The molecule has 0 spiro atoms. The lowest BCUT2D eigenvalue weighted by molar-refractivity contribution is -0.148. The maximum atomic E-state index is 13.2. The minimum Gasteiger partial charge on any atom is -0.375 e. The Morgan fingerprint density at radius 3 is 2.20 bits per heavy atom. The molecule has 1 aliphatic heterocycles. The van der Waals surface area contributed by atoms with Crippen LogP contribution in [-0.2, 0) is 20.7 Å². The molecule has 0 radical (unpaired) electrons. The SMILES string of the molecule is COCC(=O)N1CCCC(Cc2ccc(-c3ccc(C)cc3)cc2)(C(=O)N(C)C)C1. The van der Waals surface area contributed by atoms with Crippen LogP contribution in [0.5, 0.6) is 0 Å². The van der Waals surface area contributed by atoms with Gasteiger partial charge in [0.15, 0.2) is 0 Å². The van der Waals surface area contributed by atoms with Crippen molar-refractivity contribution in [3.05, 3.63) is 59.7 Å². The highest BCUT2D eigenvalue weighted by atomic mass is 16.5. The molecular formula is C25H32N2O3. The fraction of sp³-hybridized carbons (Fsp3) is 0.440. The summed E-state index contributed by atoms with van der Waals surface area (Å²) in [4.78, 5) is 29.1. The summed E-state index contributed by atoms with van der Waals surface area (Å²) < 4.78 is 5.03. The van der Waals surface area contributed by atoms with E-state index in [1.54, 1.807) is 23.9 Å². The Hall–Kier alpha value is -2.66. The molecule has 1 heterocycles. The molecule has 1 saturated heterocycles. The molecule has 0 N–H and O–H groups in total. The highest BCUT2D eigenvalue weighted by molar-refractivity contribution is 5.85. The molecule has 1 unspecified atom stereocenters. The van der Waals surface area contributed by atoms with E-state index in [0.29, 0.717) is 19.5 Å². The van der Waals surface area contributed by atoms with Crippen molar-refractivity contribution in [2.45, 2.75) is 26.2 Å². The van der Waals surface area contributed by atoms with Crippen LogP contribution in [-0.4, -0.2) is 62.5 Å². The first-order chi connectivity index (χ1) is 14.3. The van der Waals surface area contributed by atoms with Crippen LogP contribution >= 0.6 is 0 Å². The van der Waals surface area contributed by atoms with Gasteiger partial charge in [-0.15, -0.1) is 0 Å². The molecule has 1 atom stereocenters. The molecule has 5 heteroatoms. The Labute approximate surface area is 179 Å². The molecule has 30 heavy (non-hydrogen) atoms. The number of amides is 2. The lowest BCUT2D eigenvalue weighted by Crippen LogP contribution is -2.54. The largest absolute Gasteiger partial charge is 0.375 e. The van der Waals surface area contributed by atoms with Crippen molar-refractivity contribution in [2.75, 3.05) is 40.9 Å². The molecule has 2 amide bonds. The fourth-order valence-electron chi connectivity index (χ4n) is 4.38. The highest BCUT2D eigenvalue weighted by Crippen LogP contribution is 2.36. The first-order valence-corrected chi connectivity index (χ1v) is 10.5. The minimum absolute atomic E-state index is 0.0529. The Kier molecular flexibility index (Phi) is 6.93. The van der Waals surface area contributed by atoms with Crippen molar-refractivity contribution >= 4 is 11.8 Å². The van der Waals surface area contributed by atoms with Crippen LogP contribution in [0.2, 0.25) is 0 Å². The van der Waals surface area contributed by atoms with Gasteiger partial charge in [0.2, 0.25) is 11.8 Å². The van der Waals surface area contributed by atoms with E-state index in [0.717, 1.165) is 24.0 Å². The number of ether oxygens (including phenoxy) is 1. The molecule has 0 bridgehead atoms. The van der Waals surface area contributed by atoms with E-state index in [1.807, 2.05) is 0 Å². The Balaban J connectivity index is 1.84. The summed E-state index contributed by atoms with van der Waals surface area (Å²) >= 11 is 0. The van der Waals surface area contributed by atoms with Gasteiger partial charge in [0.05, 0.1) is 5.41 Å². The molecule has 1 fully saturated rings. The van der Waals surface area contributed by atoms with Crippen LogP contribution in [0, 0.1) is 12.3 Å². The van der Waals surface area contributed by atoms with E-state index in [-0.39, 0.29) is 18.4 Å².